The summed E-state index contributed by atoms with van der Waals surface area (Å²) >= 11 is 0. The van der Waals surface area contributed by atoms with Gasteiger partial charge in [0.2, 0.25) is 0 Å². The predicted molar refractivity (Wildman–Crippen MR) is 152 cm³/mol. The first kappa shape index (κ1) is 26.9. The summed E-state index contributed by atoms with van der Waals surface area (Å²) in [5.74, 6) is 0.259. The monoisotopic (exact) mass is 520 g/mol. The second-order valence-corrected chi connectivity index (χ2v) is 8.46. The van der Waals surface area contributed by atoms with Crippen LogP contribution in [0.5, 0.6) is 17.2 Å². The molecule has 1 atom stereocenters. The molecule has 4 aromatic rings. The van der Waals surface area contributed by atoms with Gasteiger partial charge in [-0.05, 0) is 65.6 Å². The third-order valence-corrected chi connectivity index (χ3v) is 5.64. The number of esters is 1. The van der Waals surface area contributed by atoms with Crippen molar-refractivity contribution in [1.29, 1.82) is 0 Å². The summed E-state index contributed by atoms with van der Waals surface area (Å²) in [5, 5.41) is 4.01. The highest BCUT2D eigenvalue weighted by Gasteiger charge is 2.14. The molecule has 0 aliphatic rings. The number of carbonyl (C=O) groups excluding carboxylic acids is 2. The maximum absolute atomic E-state index is 12.5. The highest BCUT2D eigenvalue weighted by atomic mass is 16.6. The molecule has 0 heterocycles. The van der Waals surface area contributed by atoms with Crippen molar-refractivity contribution < 1.29 is 23.8 Å². The summed E-state index contributed by atoms with van der Waals surface area (Å²) in [5.41, 5.74) is 6.16. The molecule has 0 fully saturated rings. The topological polar surface area (TPSA) is 86.2 Å². The Morgan fingerprint density at radius 1 is 0.795 bits per heavy atom. The van der Waals surface area contributed by atoms with Crippen LogP contribution in [-0.2, 0) is 9.59 Å². The maximum atomic E-state index is 12.5. The molecule has 4 aromatic carbocycles. The number of ether oxygens (including phenoxy) is 3. The number of amides is 1. The van der Waals surface area contributed by atoms with Gasteiger partial charge < -0.3 is 14.2 Å². The number of nitrogens with one attached hydrogen (secondary N) is 1. The number of hydrazone groups is 1. The van der Waals surface area contributed by atoms with Crippen LogP contribution in [0.2, 0.25) is 0 Å². The summed E-state index contributed by atoms with van der Waals surface area (Å²) in [6, 6.07) is 31.9. The van der Waals surface area contributed by atoms with Crippen LogP contribution in [0.4, 0.5) is 0 Å². The Balaban J connectivity index is 1.29. The van der Waals surface area contributed by atoms with Crippen LogP contribution < -0.4 is 19.6 Å². The Bertz CT molecular complexity index is 1450. The Morgan fingerprint density at radius 3 is 2.15 bits per heavy atom. The summed E-state index contributed by atoms with van der Waals surface area (Å²) in [7, 11) is 1.47. The van der Waals surface area contributed by atoms with Crippen LogP contribution in [0.3, 0.4) is 0 Å². The molecule has 196 valence electrons. The molecule has 0 saturated heterocycles. The molecule has 0 aliphatic heterocycles. The van der Waals surface area contributed by atoms with Crippen LogP contribution in [0.15, 0.2) is 114 Å². The van der Waals surface area contributed by atoms with Gasteiger partial charge in [-0.25, -0.2) is 10.2 Å². The molecule has 0 bridgehead atoms. The molecule has 7 heteroatoms. The minimum atomic E-state index is -0.759. The molecule has 7 nitrogen and oxygen atoms in total. The summed E-state index contributed by atoms with van der Waals surface area (Å²) in [4.78, 5) is 24.7. The van der Waals surface area contributed by atoms with Crippen molar-refractivity contribution in [2.75, 3.05) is 7.11 Å². The predicted octanol–water partition coefficient (Wildman–Crippen LogP) is 5.90. The highest BCUT2D eigenvalue weighted by Crippen LogP contribution is 2.28. The highest BCUT2D eigenvalue weighted by molar-refractivity contribution is 5.89. The number of hydrogen-bond donors (Lipinski definition) is 1. The van der Waals surface area contributed by atoms with E-state index in [9.17, 15) is 9.59 Å². The molecule has 1 amide bonds. The van der Waals surface area contributed by atoms with Crippen LogP contribution in [0.25, 0.3) is 17.2 Å². The largest absolute Gasteiger partial charge is 0.493 e. The van der Waals surface area contributed by atoms with E-state index in [2.05, 4.69) is 10.5 Å². The molecule has 1 N–H and O–H groups in total. The number of nitrogens with zero attached hydrogens (tertiary/aromatic N) is 1. The molecule has 0 aromatic heterocycles. The van der Waals surface area contributed by atoms with E-state index in [1.54, 1.807) is 31.2 Å². The molecular formula is C32H28N2O5. The first-order chi connectivity index (χ1) is 19.0. The van der Waals surface area contributed by atoms with Crippen LogP contribution >= 0.6 is 0 Å². The molecule has 0 spiro atoms. The SMILES string of the molecule is COc1cc(/C=N/NC(=O)C(C)Oc2ccc(-c3ccccc3)cc2)ccc1OC(=O)/C=C/c1ccccc1. The Kier molecular flexibility index (Phi) is 9.23. The van der Waals surface area contributed by atoms with Crippen LogP contribution in [0.1, 0.15) is 18.1 Å². The zero-order valence-electron chi connectivity index (χ0n) is 21.6. The molecule has 0 aliphatic carbocycles. The Morgan fingerprint density at radius 2 is 1.46 bits per heavy atom. The molecule has 0 radical (unpaired) electrons. The summed E-state index contributed by atoms with van der Waals surface area (Å²) in [6.45, 7) is 1.65. The molecule has 4 rings (SSSR count). The summed E-state index contributed by atoms with van der Waals surface area (Å²) < 4.78 is 16.5. The number of hydrogen-bond acceptors (Lipinski definition) is 6. The van der Waals surface area contributed by atoms with E-state index < -0.39 is 18.0 Å². The number of methoxy groups -OCH3 is 1. The fourth-order valence-corrected chi connectivity index (χ4v) is 3.60. The second kappa shape index (κ2) is 13.4. The fourth-order valence-electron chi connectivity index (χ4n) is 3.60. The van der Waals surface area contributed by atoms with Gasteiger partial charge in [0.25, 0.3) is 5.91 Å². The van der Waals surface area contributed by atoms with Gasteiger partial charge in [-0.1, -0.05) is 72.8 Å². The average molecular weight is 521 g/mol. The maximum Gasteiger partial charge on any atom is 0.336 e. The number of rotatable bonds is 10. The van der Waals surface area contributed by atoms with Gasteiger partial charge >= 0.3 is 5.97 Å². The third kappa shape index (κ3) is 7.90. The lowest BCUT2D eigenvalue weighted by Gasteiger charge is -2.13. The van der Waals surface area contributed by atoms with Crippen molar-refractivity contribution in [3.8, 4) is 28.4 Å². The van der Waals surface area contributed by atoms with Crippen molar-refractivity contribution in [3.63, 3.8) is 0 Å². The Labute approximate surface area is 227 Å². The lowest BCUT2D eigenvalue weighted by molar-refractivity contribution is -0.129. The van der Waals surface area contributed by atoms with Crippen molar-refractivity contribution >= 4 is 24.2 Å². The second-order valence-electron chi connectivity index (χ2n) is 8.46. The van der Waals surface area contributed by atoms with Gasteiger partial charge in [0.15, 0.2) is 17.6 Å². The van der Waals surface area contributed by atoms with E-state index in [0.717, 1.165) is 16.7 Å². The van der Waals surface area contributed by atoms with Gasteiger partial charge in [0, 0.05) is 6.08 Å². The van der Waals surface area contributed by atoms with Gasteiger partial charge in [-0.2, -0.15) is 5.10 Å². The van der Waals surface area contributed by atoms with E-state index in [0.29, 0.717) is 17.1 Å². The van der Waals surface area contributed by atoms with Crippen molar-refractivity contribution in [2.24, 2.45) is 5.10 Å². The number of benzene rings is 4. The van der Waals surface area contributed by atoms with Crippen molar-refractivity contribution in [2.45, 2.75) is 13.0 Å². The van der Waals surface area contributed by atoms with Gasteiger partial charge in [-0.3, -0.25) is 4.79 Å². The Hall–Kier alpha value is -5.17. The minimum Gasteiger partial charge on any atom is -0.493 e. The number of carbonyl (C=O) groups is 2. The van der Waals surface area contributed by atoms with Crippen LogP contribution in [0, 0.1) is 0 Å². The van der Waals surface area contributed by atoms with E-state index in [-0.39, 0.29) is 5.75 Å². The third-order valence-electron chi connectivity index (χ3n) is 5.64. The first-order valence-electron chi connectivity index (χ1n) is 12.3. The zero-order valence-corrected chi connectivity index (χ0v) is 21.6. The average Bonchev–Trinajstić information content (AvgIpc) is 2.98. The standard InChI is InChI=1S/C32H28N2O5/c1-23(38-28-17-15-27(16-18-28)26-11-7-4-8-12-26)32(36)34-33-22-25-13-19-29(30(21-25)37-2)39-31(35)20-14-24-9-5-3-6-10-24/h3-23H,1-2H3,(H,34,36)/b20-14+,33-22+. The zero-order chi connectivity index (χ0) is 27.5. The smallest absolute Gasteiger partial charge is 0.336 e. The van der Waals surface area contributed by atoms with Crippen LogP contribution in [-0.4, -0.2) is 31.3 Å². The normalized spacial score (nSPS) is 11.7. The van der Waals surface area contributed by atoms with E-state index in [4.69, 9.17) is 14.2 Å². The minimum absolute atomic E-state index is 0.265. The molecule has 39 heavy (non-hydrogen) atoms. The van der Waals surface area contributed by atoms with E-state index >= 15 is 0 Å². The molecule has 0 saturated carbocycles. The van der Waals surface area contributed by atoms with Crippen molar-refractivity contribution in [3.05, 3.63) is 120 Å². The van der Waals surface area contributed by atoms with E-state index in [1.165, 1.54) is 19.4 Å². The summed E-state index contributed by atoms with van der Waals surface area (Å²) in [6.07, 6.45) is 3.72. The van der Waals surface area contributed by atoms with Gasteiger partial charge in [-0.15, -0.1) is 0 Å². The van der Waals surface area contributed by atoms with E-state index in [1.807, 2.05) is 84.9 Å². The fraction of sp³-hybridized carbons (Fsp3) is 0.0938. The quantitative estimate of drug-likeness (QED) is 0.0925. The lowest BCUT2D eigenvalue weighted by Crippen LogP contribution is -2.33. The molecular weight excluding hydrogens is 492 g/mol. The van der Waals surface area contributed by atoms with Gasteiger partial charge in [0.1, 0.15) is 5.75 Å². The first-order valence-corrected chi connectivity index (χ1v) is 12.3. The molecule has 1 unspecified atom stereocenters. The van der Waals surface area contributed by atoms with Crippen molar-refractivity contribution in [1.82, 2.24) is 5.43 Å². The van der Waals surface area contributed by atoms with Gasteiger partial charge in [0.05, 0.1) is 13.3 Å². The lowest BCUT2D eigenvalue weighted by atomic mass is 10.1.